The van der Waals surface area contributed by atoms with Gasteiger partial charge >= 0.3 is 5.76 Å². The Labute approximate surface area is 139 Å². The zero-order valence-corrected chi connectivity index (χ0v) is 13.1. The van der Waals surface area contributed by atoms with Crippen molar-refractivity contribution in [3.63, 3.8) is 0 Å². The number of hydrogen-bond donors (Lipinski definition) is 1. The summed E-state index contributed by atoms with van der Waals surface area (Å²) in [4.78, 5) is 11.2. The van der Waals surface area contributed by atoms with E-state index in [9.17, 15) is 26.4 Å². The summed E-state index contributed by atoms with van der Waals surface area (Å²) >= 11 is 0. The fourth-order valence-corrected chi connectivity index (χ4v) is 2.86. The van der Waals surface area contributed by atoms with E-state index in [-0.39, 0.29) is 16.9 Å². The van der Waals surface area contributed by atoms with Gasteiger partial charge in [-0.3, -0.25) is 0 Å². The van der Waals surface area contributed by atoms with Crippen LogP contribution in [0.3, 0.4) is 0 Å². The Morgan fingerprint density at radius 1 is 0.960 bits per heavy atom. The first-order valence-electron chi connectivity index (χ1n) is 6.67. The van der Waals surface area contributed by atoms with Crippen LogP contribution in [0.15, 0.2) is 56.8 Å². The van der Waals surface area contributed by atoms with Gasteiger partial charge in [0.25, 0.3) is 0 Å². The van der Waals surface area contributed by atoms with Crippen LogP contribution >= 0.6 is 0 Å². The molecule has 0 bridgehead atoms. The fourth-order valence-electron chi connectivity index (χ4n) is 2.27. The largest absolute Gasteiger partial charge is 0.424 e. The van der Waals surface area contributed by atoms with Crippen LogP contribution in [0.5, 0.6) is 0 Å². The quantitative estimate of drug-likeness (QED) is 0.764. The van der Waals surface area contributed by atoms with E-state index in [2.05, 4.69) is 0 Å². The molecule has 3 rings (SSSR count). The lowest BCUT2D eigenvalue weighted by atomic mass is 10.1. The van der Waals surface area contributed by atoms with Gasteiger partial charge in [-0.1, -0.05) is 6.07 Å². The highest BCUT2D eigenvalue weighted by Crippen LogP contribution is 2.25. The van der Waals surface area contributed by atoms with Gasteiger partial charge in [0.1, 0.15) is 17.0 Å². The number of sulfonamides is 1. The van der Waals surface area contributed by atoms with E-state index in [1.807, 2.05) is 0 Å². The standard InChI is InChI=1S/C15H9F3N2O4S/c16-10-3-2-9(6-11(10)17)20-13(7-24-15(20)21)8-1-4-14(12(18)5-8)25(19,22)23/h1-7H,(H2,19,22,23). The number of nitrogens with zero attached hydrogens (tertiary/aromatic N) is 1. The van der Waals surface area contributed by atoms with Gasteiger partial charge in [0.15, 0.2) is 11.6 Å². The van der Waals surface area contributed by atoms with E-state index in [4.69, 9.17) is 9.56 Å². The monoisotopic (exact) mass is 370 g/mol. The van der Waals surface area contributed by atoms with Crippen LogP contribution in [0.25, 0.3) is 16.9 Å². The lowest BCUT2D eigenvalue weighted by Gasteiger charge is -2.08. The summed E-state index contributed by atoms with van der Waals surface area (Å²) in [6.45, 7) is 0. The van der Waals surface area contributed by atoms with Gasteiger partial charge in [0.2, 0.25) is 10.0 Å². The maximum absolute atomic E-state index is 14.0. The number of halogens is 3. The van der Waals surface area contributed by atoms with E-state index in [1.165, 1.54) is 6.07 Å². The molecule has 0 amide bonds. The molecule has 0 atom stereocenters. The van der Waals surface area contributed by atoms with Crippen LogP contribution in [-0.2, 0) is 10.0 Å². The Morgan fingerprint density at radius 3 is 2.28 bits per heavy atom. The third kappa shape index (κ3) is 3.08. The average Bonchev–Trinajstić information content (AvgIpc) is 2.90. The Kier molecular flexibility index (Phi) is 4.01. The van der Waals surface area contributed by atoms with Crippen molar-refractivity contribution in [2.75, 3.05) is 0 Å². The maximum Gasteiger partial charge on any atom is 0.424 e. The smallest absolute Gasteiger partial charge is 0.415 e. The normalized spacial score (nSPS) is 11.7. The van der Waals surface area contributed by atoms with E-state index in [0.29, 0.717) is 0 Å². The van der Waals surface area contributed by atoms with Gasteiger partial charge < -0.3 is 4.42 Å². The van der Waals surface area contributed by atoms with Crippen molar-refractivity contribution in [2.24, 2.45) is 5.14 Å². The number of oxazole rings is 1. The summed E-state index contributed by atoms with van der Waals surface area (Å²) in [6.07, 6.45) is 0.981. The topological polar surface area (TPSA) is 95.3 Å². The fraction of sp³-hybridized carbons (Fsp3) is 0. The molecule has 10 heteroatoms. The minimum absolute atomic E-state index is 0.0101. The van der Waals surface area contributed by atoms with E-state index < -0.39 is 38.1 Å². The third-order valence-corrected chi connectivity index (χ3v) is 4.33. The van der Waals surface area contributed by atoms with Crippen molar-refractivity contribution in [1.29, 1.82) is 0 Å². The lowest BCUT2D eigenvalue weighted by Crippen LogP contribution is -2.15. The molecule has 0 saturated heterocycles. The van der Waals surface area contributed by atoms with Gasteiger partial charge in [0, 0.05) is 11.6 Å². The minimum atomic E-state index is -4.26. The first kappa shape index (κ1) is 17.0. The highest BCUT2D eigenvalue weighted by Gasteiger charge is 2.19. The molecule has 1 aromatic heterocycles. The SMILES string of the molecule is NS(=O)(=O)c1ccc(-c2coc(=O)n2-c2ccc(F)c(F)c2)cc1F. The molecule has 6 nitrogen and oxygen atoms in total. The predicted octanol–water partition coefficient (Wildman–Crippen LogP) is 2.16. The van der Waals surface area contributed by atoms with Crippen LogP contribution < -0.4 is 10.9 Å². The van der Waals surface area contributed by atoms with Crippen LogP contribution in [0.2, 0.25) is 0 Å². The number of nitrogens with two attached hydrogens (primary N) is 1. The average molecular weight is 370 g/mol. The van der Waals surface area contributed by atoms with Gasteiger partial charge in [-0.25, -0.2) is 36.1 Å². The zero-order chi connectivity index (χ0) is 18.4. The van der Waals surface area contributed by atoms with Crippen LogP contribution in [0.1, 0.15) is 0 Å². The molecule has 2 aromatic carbocycles. The molecular formula is C15H9F3N2O4S. The van der Waals surface area contributed by atoms with Gasteiger partial charge in [-0.05, 0) is 24.3 Å². The molecular weight excluding hydrogens is 361 g/mol. The molecule has 25 heavy (non-hydrogen) atoms. The third-order valence-electron chi connectivity index (χ3n) is 3.39. The Bertz CT molecular complexity index is 1140. The summed E-state index contributed by atoms with van der Waals surface area (Å²) in [5, 5.41) is 4.88. The molecule has 130 valence electrons. The summed E-state index contributed by atoms with van der Waals surface area (Å²) in [5.41, 5.74) is 0.0277. The van der Waals surface area contributed by atoms with E-state index >= 15 is 0 Å². The molecule has 0 aliphatic carbocycles. The first-order valence-corrected chi connectivity index (χ1v) is 8.22. The summed E-state index contributed by atoms with van der Waals surface area (Å²) in [6, 6.07) is 5.67. The number of benzene rings is 2. The molecule has 0 aliphatic heterocycles. The van der Waals surface area contributed by atoms with Gasteiger partial charge in [-0.15, -0.1) is 0 Å². The Hall–Kier alpha value is -2.85. The molecule has 2 N–H and O–H groups in total. The zero-order valence-electron chi connectivity index (χ0n) is 12.2. The molecule has 0 spiro atoms. The van der Waals surface area contributed by atoms with Crippen LogP contribution in [0.4, 0.5) is 13.2 Å². The van der Waals surface area contributed by atoms with Gasteiger partial charge in [-0.2, -0.15) is 0 Å². The second-order valence-corrected chi connectivity index (χ2v) is 6.54. The molecule has 0 fully saturated rings. The summed E-state index contributed by atoms with van der Waals surface area (Å²) in [5.74, 6) is -4.35. The number of rotatable bonds is 3. The Morgan fingerprint density at radius 2 is 1.68 bits per heavy atom. The first-order chi connectivity index (χ1) is 11.7. The molecule has 3 aromatic rings. The van der Waals surface area contributed by atoms with Crippen molar-refractivity contribution in [2.45, 2.75) is 4.90 Å². The Balaban J connectivity index is 2.19. The van der Waals surface area contributed by atoms with Gasteiger partial charge in [0.05, 0.1) is 11.4 Å². The molecule has 0 unspecified atom stereocenters. The van der Waals surface area contributed by atoms with Crippen molar-refractivity contribution in [3.05, 3.63) is 70.7 Å². The summed E-state index contributed by atoms with van der Waals surface area (Å²) in [7, 11) is -4.26. The molecule has 0 radical (unpaired) electrons. The van der Waals surface area contributed by atoms with E-state index in [0.717, 1.165) is 41.2 Å². The number of primary sulfonamides is 1. The highest BCUT2D eigenvalue weighted by atomic mass is 32.2. The number of hydrogen-bond acceptors (Lipinski definition) is 4. The second kappa shape index (κ2) is 5.90. The minimum Gasteiger partial charge on any atom is -0.415 e. The van der Waals surface area contributed by atoms with Crippen molar-refractivity contribution < 1.29 is 26.0 Å². The van der Waals surface area contributed by atoms with Crippen LogP contribution in [-0.4, -0.2) is 13.0 Å². The molecule has 1 heterocycles. The lowest BCUT2D eigenvalue weighted by molar-refractivity contribution is 0.498. The van der Waals surface area contributed by atoms with Crippen molar-refractivity contribution >= 4 is 10.0 Å². The van der Waals surface area contributed by atoms with Crippen molar-refractivity contribution in [1.82, 2.24) is 4.57 Å². The highest BCUT2D eigenvalue weighted by molar-refractivity contribution is 7.89. The summed E-state index contributed by atoms with van der Waals surface area (Å²) < 4.78 is 68.6. The molecule has 0 saturated carbocycles. The molecule has 0 aliphatic rings. The van der Waals surface area contributed by atoms with E-state index in [1.54, 1.807) is 0 Å². The second-order valence-electron chi connectivity index (χ2n) is 5.01. The van der Waals surface area contributed by atoms with Crippen molar-refractivity contribution in [3.8, 4) is 16.9 Å². The predicted molar refractivity (Wildman–Crippen MR) is 81.0 cm³/mol. The maximum atomic E-state index is 14.0. The van der Waals surface area contributed by atoms with Crippen LogP contribution in [0, 0.1) is 17.5 Å². The number of aromatic nitrogens is 1.